The van der Waals surface area contributed by atoms with Gasteiger partial charge in [-0.05, 0) is 42.9 Å². The lowest BCUT2D eigenvalue weighted by molar-refractivity contribution is -0.137. The van der Waals surface area contributed by atoms with Crippen LogP contribution in [0.3, 0.4) is 0 Å². The predicted molar refractivity (Wildman–Crippen MR) is 77.9 cm³/mol. The van der Waals surface area contributed by atoms with E-state index in [1.54, 1.807) is 13.0 Å². The van der Waals surface area contributed by atoms with E-state index in [1.807, 2.05) is 18.2 Å². The normalized spacial score (nSPS) is 15.9. The fraction of sp³-hybridized carbons (Fsp3) is 0.412. The zero-order valence-electron chi connectivity index (χ0n) is 11.8. The average Bonchev–Trinajstić information content (AvgIpc) is 2.99. The van der Waals surface area contributed by atoms with Crippen LogP contribution in [0.2, 0.25) is 0 Å². The number of carbonyl (C=O) groups is 1. The number of rotatable bonds is 4. The Balaban J connectivity index is 2.21. The molecule has 0 aromatic heterocycles. The molecule has 0 spiro atoms. The smallest absolute Gasteiger partial charge is 0.348 e. The van der Waals surface area contributed by atoms with Gasteiger partial charge in [-0.1, -0.05) is 37.1 Å². The van der Waals surface area contributed by atoms with Crippen LogP contribution in [0.15, 0.2) is 29.8 Å². The molecule has 20 heavy (non-hydrogen) atoms. The number of nitrogens with zero attached hydrogens (tertiary/aromatic N) is 1. The van der Waals surface area contributed by atoms with Crippen molar-refractivity contribution in [2.24, 2.45) is 0 Å². The van der Waals surface area contributed by atoms with Gasteiger partial charge in [-0.3, -0.25) is 0 Å². The molecule has 3 heteroatoms. The zero-order chi connectivity index (χ0) is 14.4. The summed E-state index contributed by atoms with van der Waals surface area (Å²) >= 11 is 0. The highest BCUT2D eigenvalue weighted by Gasteiger charge is 2.17. The molecule has 1 fully saturated rings. The molecule has 1 aromatic carbocycles. The molecule has 0 saturated heterocycles. The topological polar surface area (TPSA) is 50.1 Å². The van der Waals surface area contributed by atoms with Gasteiger partial charge in [0.15, 0.2) is 0 Å². The molecule has 0 radical (unpaired) electrons. The van der Waals surface area contributed by atoms with Crippen LogP contribution >= 0.6 is 0 Å². The fourth-order valence-electron chi connectivity index (χ4n) is 2.67. The van der Waals surface area contributed by atoms with Gasteiger partial charge < -0.3 is 4.74 Å². The maximum absolute atomic E-state index is 11.6. The Morgan fingerprint density at radius 3 is 2.85 bits per heavy atom. The van der Waals surface area contributed by atoms with Gasteiger partial charge in [0.05, 0.1) is 6.61 Å². The van der Waals surface area contributed by atoms with E-state index in [2.05, 4.69) is 12.1 Å². The first-order valence-corrected chi connectivity index (χ1v) is 7.13. The van der Waals surface area contributed by atoms with Crippen LogP contribution in [0.25, 0.3) is 6.08 Å². The van der Waals surface area contributed by atoms with Crippen LogP contribution in [0.5, 0.6) is 0 Å². The molecular weight excluding hydrogens is 250 g/mol. The van der Waals surface area contributed by atoms with Crippen molar-refractivity contribution in [3.05, 3.63) is 41.0 Å². The third-order valence-corrected chi connectivity index (χ3v) is 3.66. The number of ether oxygens (including phenoxy) is 1. The van der Waals surface area contributed by atoms with E-state index >= 15 is 0 Å². The van der Waals surface area contributed by atoms with Crippen LogP contribution in [-0.2, 0) is 9.53 Å². The summed E-state index contributed by atoms with van der Waals surface area (Å²) in [7, 11) is 0. The molecule has 0 amide bonds. The van der Waals surface area contributed by atoms with E-state index in [-0.39, 0.29) is 12.2 Å². The second kappa shape index (κ2) is 6.91. The van der Waals surface area contributed by atoms with Crippen LogP contribution in [0, 0.1) is 11.3 Å². The summed E-state index contributed by atoms with van der Waals surface area (Å²) in [5.74, 6) is 0.0674. The lowest BCUT2D eigenvalue weighted by Crippen LogP contribution is -2.06. The van der Waals surface area contributed by atoms with E-state index in [9.17, 15) is 4.79 Å². The summed E-state index contributed by atoms with van der Waals surface area (Å²) in [5.41, 5.74) is 2.24. The largest absolute Gasteiger partial charge is 0.462 e. The summed E-state index contributed by atoms with van der Waals surface area (Å²) in [5, 5.41) is 9.05. The lowest BCUT2D eigenvalue weighted by Gasteiger charge is -2.10. The Morgan fingerprint density at radius 2 is 2.20 bits per heavy atom. The molecule has 0 heterocycles. The first kappa shape index (κ1) is 14.3. The van der Waals surface area contributed by atoms with Gasteiger partial charge in [-0.25, -0.2) is 4.79 Å². The Bertz CT molecular complexity index is 548. The fourth-order valence-corrected chi connectivity index (χ4v) is 2.67. The number of hydrogen-bond donors (Lipinski definition) is 0. The number of esters is 1. The van der Waals surface area contributed by atoms with Crippen LogP contribution < -0.4 is 0 Å². The molecule has 0 atom stereocenters. The first-order valence-electron chi connectivity index (χ1n) is 7.13. The SMILES string of the molecule is CCOC(=O)C(C#N)=Cc1cccc(C2CCCC2)c1. The van der Waals surface area contributed by atoms with E-state index in [4.69, 9.17) is 10.00 Å². The van der Waals surface area contributed by atoms with Gasteiger partial charge in [-0.2, -0.15) is 5.26 Å². The molecule has 1 aliphatic rings. The molecule has 0 bridgehead atoms. The van der Waals surface area contributed by atoms with Crippen molar-refractivity contribution in [1.29, 1.82) is 5.26 Å². The molecule has 2 rings (SSSR count). The first-order chi connectivity index (χ1) is 9.74. The minimum absolute atomic E-state index is 0.0513. The van der Waals surface area contributed by atoms with Gasteiger partial charge >= 0.3 is 5.97 Å². The van der Waals surface area contributed by atoms with Crippen LogP contribution in [0.4, 0.5) is 0 Å². The minimum atomic E-state index is -0.554. The third-order valence-electron chi connectivity index (χ3n) is 3.66. The van der Waals surface area contributed by atoms with E-state index in [0.717, 1.165) is 5.56 Å². The third kappa shape index (κ3) is 3.48. The lowest BCUT2D eigenvalue weighted by atomic mass is 9.95. The van der Waals surface area contributed by atoms with Crippen molar-refractivity contribution in [1.82, 2.24) is 0 Å². The Morgan fingerprint density at radius 1 is 1.45 bits per heavy atom. The van der Waals surface area contributed by atoms with E-state index in [0.29, 0.717) is 5.92 Å². The Kier molecular flexibility index (Phi) is 4.95. The Hall–Kier alpha value is -2.08. The molecule has 1 aromatic rings. The second-order valence-electron chi connectivity index (χ2n) is 5.04. The molecule has 3 nitrogen and oxygen atoms in total. The van der Waals surface area contributed by atoms with Gasteiger partial charge in [0.25, 0.3) is 0 Å². The molecule has 1 aliphatic carbocycles. The van der Waals surface area contributed by atoms with Gasteiger partial charge in [0.1, 0.15) is 11.6 Å². The van der Waals surface area contributed by atoms with Crippen LogP contribution in [-0.4, -0.2) is 12.6 Å². The summed E-state index contributed by atoms with van der Waals surface area (Å²) in [6, 6.07) is 10.0. The predicted octanol–water partition coefficient (Wildman–Crippen LogP) is 3.81. The van der Waals surface area contributed by atoms with Crippen molar-refractivity contribution < 1.29 is 9.53 Å². The van der Waals surface area contributed by atoms with Crippen molar-refractivity contribution >= 4 is 12.0 Å². The molecule has 1 saturated carbocycles. The Labute approximate surface area is 119 Å². The molecule has 0 unspecified atom stereocenters. The zero-order valence-corrected chi connectivity index (χ0v) is 11.8. The van der Waals surface area contributed by atoms with Crippen molar-refractivity contribution in [3.8, 4) is 6.07 Å². The molecule has 104 valence electrons. The number of carbonyl (C=O) groups excluding carboxylic acids is 1. The summed E-state index contributed by atoms with van der Waals surface area (Å²) < 4.78 is 4.87. The van der Waals surface area contributed by atoms with Crippen LogP contribution in [0.1, 0.15) is 49.7 Å². The summed E-state index contributed by atoms with van der Waals surface area (Å²) in [6.45, 7) is 2.01. The molecule has 0 N–H and O–H groups in total. The number of benzene rings is 1. The van der Waals surface area contributed by atoms with Crippen molar-refractivity contribution in [2.45, 2.75) is 38.5 Å². The molecular formula is C17H19NO2. The van der Waals surface area contributed by atoms with E-state index in [1.165, 1.54) is 31.2 Å². The quantitative estimate of drug-likeness (QED) is 0.474. The second-order valence-corrected chi connectivity index (χ2v) is 5.04. The highest BCUT2D eigenvalue weighted by atomic mass is 16.5. The summed E-state index contributed by atoms with van der Waals surface area (Å²) in [4.78, 5) is 11.6. The average molecular weight is 269 g/mol. The molecule has 0 aliphatic heterocycles. The number of hydrogen-bond acceptors (Lipinski definition) is 3. The monoisotopic (exact) mass is 269 g/mol. The van der Waals surface area contributed by atoms with Gasteiger partial charge in [-0.15, -0.1) is 0 Å². The minimum Gasteiger partial charge on any atom is -0.462 e. The van der Waals surface area contributed by atoms with Gasteiger partial charge in [0.2, 0.25) is 0 Å². The highest BCUT2D eigenvalue weighted by Crippen LogP contribution is 2.34. The number of nitriles is 1. The highest BCUT2D eigenvalue weighted by molar-refractivity contribution is 5.97. The standard InChI is InChI=1S/C17H19NO2/c1-2-20-17(19)16(12-18)11-13-6-5-9-15(10-13)14-7-3-4-8-14/h5-6,9-11,14H,2-4,7-8H2,1H3. The van der Waals surface area contributed by atoms with Crippen molar-refractivity contribution in [2.75, 3.05) is 6.61 Å². The van der Waals surface area contributed by atoms with Crippen molar-refractivity contribution in [3.63, 3.8) is 0 Å². The van der Waals surface area contributed by atoms with E-state index < -0.39 is 5.97 Å². The maximum atomic E-state index is 11.6. The van der Waals surface area contributed by atoms with Gasteiger partial charge in [0, 0.05) is 0 Å². The summed E-state index contributed by atoms with van der Waals surface area (Å²) in [6.07, 6.45) is 6.65. The maximum Gasteiger partial charge on any atom is 0.348 e.